The molecule has 6 rings (SSSR count). The van der Waals surface area contributed by atoms with Gasteiger partial charge in [-0.15, -0.1) is 11.3 Å². The van der Waals surface area contributed by atoms with E-state index in [4.69, 9.17) is 5.10 Å². The first-order valence-corrected chi connectivity index (χ1v) is 12.4. The third-order valence-electron chi connectivity index (χ3n) is 6.90. The van der Waals surface area contributed by atoms with Crippen LogP contribution in [0.2, 0.25) is 0 Å². The van der Waals surface area contributed by atoms with Crippen molar-refractivity contribution in [2.24, 2.45) is 0 Å². The van der Waals surface area contributed by atoms with Gasteiger partial charge in [0, 0.05) is 40.0 Å². The molecule has 4 aromatic rings. The minimum atomic E-state index is -1.01. The van der Waals surface area contributed by atoms with Gasteiger partial charge in [-0.3, -0.25) is 4.79 Å². The average Bonchev–Trinajstić information content (AvgIpc) is 3.52. The number of rotatable bonds is 4. The zero-order valence-electron chi connectivity index (χ0n) is 19.1. The zero-order chi connectivity index (χ0) is 24.1. The minimum Gasteiger partial charge on any atom is -0.478 e. The SMILES string of the molecule is Cc1nn(-c2ccccc2C(=O)O)c2c1[C@@H](c1ccccc1)C1=C(C[C@H](c3cccs3)CC1=O)N2. The molecule has 0 amide bonds. The Labute approximate surface area is 206 Å². The van der Waals surface area contributed by atoms with Crippen LogP contribution in [0.15, 0.2) is 83.4 Å². The summed E-state index contributed by atoms with van der Waals surface area (Å²) in [4.78, 5) is 26.9. The topological polar surface area (TPSA) is 84.2 Å². The van der Waals surface area contributed by atoms with E-state index < -0.39 is 5.97 Å². The number of hydrogen-bond acceptors (Lipinski definition) is 5. The van der Waals surface area contributed by atoms with Gasteiger partial charge in [-0.2, -0.15) is 5.10 Å². The summed E-state index contributed by atoms with van der Waals surface area (Å²) in [6, 6.07) is 21.0. The molecule has 0 unspecified atom stereocenters. The van der Waals surface area contributed by atoms with Gasteiger partial charge in [0.05, 0.1) is 16.9 Å². The van der Waals surface area contributed by atoms with Crippen LogP contribution in [0.4, 0.5) is 5.82 Å². The number of aromatic carboxylic acids is 1. The fourth-order valence-electron chi connectivity index (χ4n) is 5.39. The summed E-state index contributed by atoms with van der Waals surface area (Å²) in [7, 11) is 0. The van der Waals surface area contributed by atoms with Crippen molar-refractivity contribution in [2.45, 2.75) is 31.6 Å². The fourth-order valence-corrected chi connectivity index (χ4v) is 6.22. The summed E-state index contributed by atoms with van der Waals surface area (Å²) in [5.41, 5.74) is 5.07. The van der Waals surface area contributed by atoms with Crippen LogP contribution in [0.3, 0.4) is 0 Å². The molecule has 1 aliphatic heterocycles. The van der Waals surface area contributed by atoms with Crippen molar-refractivity contribution < 1.29 is 14.7 Å². The summed E-state index contributed by atoms with van der Waals surface area (Å²) in [5, 5.41) is 20.2. The molecule has 0 spiro atoms. The Balaban J connectivity index is 1.56. The van der Waals surface area contributed by atoms with E-state index in [1.165, 1.54) is 4.88 Å². The van der Waals surface area contributed by atoms with Crippen molar-refractivity contribution in [3.63, 3.8) is 0 Å². The van der Waals surface area contributed by atoms with E-state index in [0.29, 0.717) is 12.1 Å². The first kappa shape index (κ1) is 21.6. The van der Waals surface area contributed by atoms with Crippen molar-refractivity contribution in [3.05, 3.63) is 111 Å². The number of carboxylic acid groups (broad SMARTS) is 1. The van der Waals surface area contributed by atoms with Crippen molar-refractivity contribution >= 4 is 28.9 Å². The first-order chi connectivity index (χ1) is 17.0. The summed E-state index contributed by atoms with van der Waals surface area (Å²) in [6.07, 6.45) is 1.20. The van der Waals surface area contributed by atoms with E-state index in [1.54, 1.807) is 34.2 Å². The van der Waals surface area contributed by atoms with Gasteiger partial charge in [0.15, 0.2) is 5.78 Å². The molecule has 35 heavy (non-hydrogen) atoms. The van der Waals surface area contributed by atoms with Crippen LogP contribution in [0.1, 0.15) is 56.7 Å². The maximum Gasteiger partial charge on any atom is 0.337 e. The van der Waals surface area contributed by atoms with Gasteiger partial charge < -0.3 is 10.4 Å². The molecule has 2 atom stereocenters. The van der Waals surface area contributed by atoms with Crippen LogP contribution in [0.25, 0.3) is 5.69 Å². The number of nitrogens with one attached hydrogen (secondary N) is 1. The second kappa shape index (κ2) is 8.36. The number of carbonyl (C=O) groups excluding carboxylic acids is 1. The second-order valence-corrected chi connectivity index (χ2v) is 9.97. The van der Waals surface area contributed by atoms with Crippen LogP contribution < -0.4 is 5.32 Å². The molecule has 3 heterocycles. The number of para-hydroxylation sites is 1. The van der Waals surface area contributed by atoms with E-state index in [1.807, 2.05) is 54.8 Å². The quantitative estimate of drug-likeness (QED) is 0.379. The van der Waals surface area contributed by atoms with Crippen LogP contribution in [0, 0.1) is 6.92 Å². The van der Waals surface area contributed by atoms with Crippen LogP contribution in [0.5, 0.6) is 0 Å². The smallest absolute Gasteiger partial charge is 0.337 e. The van der Waals surface area contributed by atoms with Gasteiger partial charge in [-0.05, 0) is 42.5 Å². The maximum absolute atomic E-state index is 13.7. The lowest BCUT2D eigenvalue weighted by atomic mass is 9.73. The number of fused-ring (bicyclic) bond motifs is 1. The molecule has 0 saturated carbocycles. The van der Waals surface area contributed by atoms with E-state index in [-0.39, 0.29) is 23.2 Å². The molecule has 174 valence electrons. The Hall–Kier alpha value is -3.97. The fraction of sp³-hybridized carbons (Fsp3) is 0.179. The summed E-state index contributed by atoms with van der Waals surface area (Å²) in [5.74, 6) is -0.276. The summed E-state index contributed by atoms with van der Waals surface area (Å²) < 4.78 is 1.69. The molecule has 1 aliphatic carbocycles. The number of aromatic nitrogens is 2. The highest BCUT2D eigenvalue weighted by Crippen LogP contribution is 2.49. The third-order valence-corrected chi connectivity index (χ3v) is 7.94. The lowest BCUT2D eigenvalue weighted by molar-refractivity contribution is -0.116. The molecule has 7 heteroatoms. The summed E-state index contributed by atoms with van der Waals surface area (Å²) >= 11 is 1.68. The normalized spacial score (nSPS) is 19.2. The molecular formula is C28H23N3O3S. The number of benzene rings is 2. The number of anilines is 1. The van der Waals surface area contributed by atoms with Crippen molar-refractivity contribution in [1.29, 1.82) is 0 Å². The van der Waals surface area contributed by atoms with Crippen LogP contribution in [-0.2, 0) is 4.79 Å². The highest BCUT2D eigenvalue weighted by atomic mass is 32.1. The number of aryl methyl sites for hydroxylation is 1. The number of carbonyl (C=O) groups is 2. The molecule has 0 fully saturated rings. The molecular weight excluding hydrogens is 458 g/mol. The molecule has 2 aromatic carbocycles. The number of ketones is 1. The van der Waals surface area contributed by atoms with E-state index in [9.17, 15) is 14.7 Å². The van der Waals surface area contributed by atoms with Gasteiger partial charge in [0.2, 0.25) is 0 Å². The van der Waals surface area contributed by atoms with Crippen molar-refractivity contribution in [2.75, 3.05) is 5.32 Å². The number of Topliss-reactive ketones (excluding diaryl/α,β-unsaturated/α-hetero) is 1. The highest BCUT2D eigenvalue weighted by molar-refractivity contribution is 7.10. The number of allylic oxidation sites excluding steroid dienone is 2. The first-order valence-electron chi connectivity index (χ1n) is 11.6. The predicted molar refractivity (Wildman–Crippen MR) is 135 cm³/mol. The predicted octanol–water partition coefficient (Wildman–Crippen LogP) is 5.90. The van der Waals surface area contributed by atoms with Gasteiger partial charge >= 0.3 is 5.97 Å². The molecule has 2 aliphatic rings. The van der Waals surface area contributed by atoms with E-state index >= 15 is 0 Å². The number of carboxylic acids is 1. The Bertz CT molecular complexity index is 1490. The lowest BCUT2D eigenvalue weighted by Gasteiger charge is -2.35. The molecule has 0 saturated heterocycles. The average molecular weight is 482 g/mol. The minimum absolute atomic E-state index is 0.121. The highest BCUT2D eigenvalue weighted by Gasteiger charge is 2.41. The lowest BCUT2D eigenvalue weighted by Crippen LogP contribution is -2.30. The monoisotopic (exact) mass is 481 g/mol. The van der Waals surface area contributed by atoms with Gasteiger partial charge in [0.25, 0.3) is 0 Å². The van der Waals surface area contributed by atoms with Crippen molar-refractivity contribution in [3.8, 4) is 5.69 Å². The Kier molecular flexibility index (Phi) is 5.15. The second-order valence-electron chi connectivity index (χ2n) is 8.99. The standard InChI is InChI=1S/C28H23N3O3S/c1-16-24-25(17-8-3-2-4-9-17)26-20(14-18(15-22(26)32)23-12-7-13-35-23)29-27(24)31(30-16)21-11-6-5-10-19(21)28(33)34/h2-13,18,25,29H,14-15H2,1H3,(H,33,34)/t18-,25+/m0/s1. The van der Waals surface area contributed by atoms with Gasteiger partial charge in [-0.25, -0.2) is 9.48 Å². The Morgan fingerprint density at radius 3 is 2.57 bits per heavy atom. The number of thiophene rings is 1. The molecule has 2 aromatic heterocycles. The number of nitrogens with zero attached hydrogens (tertiary/aromatic N) is 2. The zero-order valence-corrected chi connectivity index (χ0v) is 19.9. The largest absolute Gasteiger partial charge is 0.478 e. The van der Waals surface area contributed by atoms with Gasteiger partial charge in [0.1, 0.15) is 5.82 Å². The molecule has 2 N–H and O–H groups in total. The van der Waals surface area contributed by atoms with Crippen molar-refractivity contribution in [1.82, 2.24) is 9.78 Å². The van der Waals surface area contributed by atoms with E-state index in [2.05, 4.69) is 11.4 Å². The van der Waals surface area contributed by atoms with E-state index in [0.717, 1.165) is 40.3 Å². The molecule has 6 nitrogen and oxygen atoms in total. The molecule has 0 bridgehead atoms. The number of hydrogen-bond donors (Lipinski definition) is 2. The summed E-state index contributed by atoms with van der Waals surface area (Å²) in [6.45, 7) is 1.92. The van der Waals surface area contributed by atoms with Crippen LogP contribution in [-0.4, -0.2) is 26.6 Å². The Morgan fingerprint density at radius 1 is 1.06 bits per heavy atom. The van der Waals surface area contributed by atoms with Crippen LogP contribution >= 0.6 is 11.3 Å². The third kappa shape index (κ3) is 3.51. The maximum atomic E-state index is 13.7. The van der Waals surface area contributed by atoms with Gasteiger partial charge in [-0.1, -0.05) is 48.5 Å². The Morgan fingerprint density at radius 2 is 1.83 bits per heavy atom. The molecule has 0 radical (unpaired) electrons.